The van der Waals surface area contributed by atoms with Gasteiger partial charge < -0.3 is 5.11 Å². The number of phenols is 1. The van der Waals surface area contributed by atoms with Gasteiger partial charge in [0.1, 0.15) is 5.75 Å². The van der Waals surface area contributed by atoms with Crippen molar-refractivity contribution < 1.29 is 5.11 Å². The van der Waals surface area contributed by atoms with Gasteiger partial charge in [-0.1, -0.05) is 71.3 Å². The Bertz CT molecular complexity index is 762. The van der Waals surface area contributed by atoms with Gasteiger partial charge in [-0.05, 0) is 40.2 Å². The first kappa shape index (κ1) is 19.5. The molecule has 0 fully saturated rings. The monoisotopic (exact) mass is 357 g/mol. The second-order valence-corrected chi connectivity index (χ2v) is 8.99. The Kier molecular flexibility index (Phi) is 5.63. The van der Waals surface area contributed by atoms with Gasteiger partial charge >= 0.3 is 0 Å². The van der Waals surface area contributed by atoms with Crippen LogP contribution in [0.1, 0.15) is 63.8 Å². The van der Waals surface area contributed by atoms with E-state index in [4.69, 9.17) is 11.6 Å². The van der Waals surface area contributed by atoms with Crippen molar-refractivity contribution in [2.75, 3.05) is 0 Å². The average molecular weight is 358 g/mol. The van der Waals surface area contributed by atoms with Gasteiger partial charge in [0.25, 0.3) is 0 Å². The van der Waals surface area contributed by atoms with Crippen LogP contribution >= 0.6 is 11.6 Å². The van der Waals surface area contributed by atoms with E-state index in [0.717, 1.165) is 21.7 Å². The fraction of sp³-hybridized carbons (Fsp3) is 0.409. The lowest BCUT2D eigenvalue weighted by molar-refractivity contribution is 0.444. The zero-order valence-corrected chi connectivity index (χ0v) is 16.8. The lowest BCUT2D eigenvalue weighted by atomic mass is 9.79. The van der Waals surface area contributed by atoms with Crippen molar-refractivity contribution >= 4 is 17.8 Å². The standard InChI is InChI=1S/C22H28ClNO/c1-21(2,3)17-11-16(20(25)19(12-17)22(4,5)6)14-24-13-15-7-9-18(23)10-8-15/h7-12,14,25H,13H2,1-6H3. The van der Waals surface area contributed by atoms with Crippen molar-refractivity contribution in [2.45, 2.75) is 58.9 Å². The summed E-state index contributed by atoms with van der Waals surface area (Å²) in [5, 5.41) is 11.5. The Labute approximate surface area is 156 Å². The van der Waals surface area contributed by atoms with Crippen LogP contribution < -0.4 is 0 Å². The van der Waals surface area contributed by atoms with Crippen LogP contribution in [-0.4, -0.2) is 11.3 Å². The SMILES string of the molecule is CC(C)(C)c1cc(C=NCc2ccc(Cl)cc2)c(O)c(C(C)(C)C)c1. The molecule has 0 spiro atoms. The van der Waals surface area contributed by atoms with Crippen molar-refractivity contribution in [3.8, 4) is 5.75 Å². The summed E-state index contributed by atoms with van der Waals surface area (Å²) in [4.78, 5) is 4.52. The number of aliphatic imine (C=N–C) groups is 1. The van der Waals surface area contributed by atoms with Gasteiger partial charge in [-0.2, -0.15) is 0 Å². The second kappa shape index (κ2) is 7.21. The molecule has 0 atom stereocenters. The van der Waals surface area contributed by atoms with Gasteiger partial charge in [-0.15, -0.1) is 0 Å². The number of halogens is 1. The average Bonchev–Trinajstić information content (AvgIpc) is 2.48. The molecule has 0 heterocycles. The summed E-state index contributed by atoms with van der Waals surface area (Å²) >= 11 is 5.91. The highest BCUT2D eigenvalue weighted by atomic mass is 35.5. The third kappa shape index (κ3) is 5.09. The summed E-state index contributed by atoms with van der Waals surface area (Å²) in [5.74, 6) is 0.320. The van der Waals surface area contributed by atoms with Gasteiger partial charge in [0.2, 0.25) is 0 Å². The van der Waals surface area contributed by atoms with Crippen molar-refractivity contribution in [3.63, 3.8) is 0 Å². The Balaban J connectivity index is 2.38. The van der Waals surface area contributed by atoms with Crippen LogP contribution in [0.15, 0.2) is 41.4 Å². The van der Waals surface area contributed by atoms with Crippen molar-refractivity contribution in [2.24, 2.45) is 4.99 Å². The quantitative estimate of drug-likeness (QED) is 0.646. The van der Waals surface area contributed by atoms with Crippen molar-refractivity contribution in [3.05, 3.63) is 63.7 Å². The zero-order chi connectivity index (χ0) is 18.8. The minimum absolute atomic E-state index is 0.00642. The van der Waals surface area contributed by atoms with Gasteiger partial charge in [0.05, 0.1) is 6.54 Å². The predicted molar refractivity (Wildman–Crippen MR) is 108 cm³/mol. The smallest absolute Gasteiger partial charge is 0.128 e. The van der Waals surface area contributed by atoms with Crippen LogP contribution in [0, 0.1) is 0 Å². The first-order valence-electron chi connectivity index (χ1n) is 8.61. The van der Waals surface area contributed by atoms with Crippen molar-refractivity contribution in [1.82, 2.24) is 0 Å². The molecule has 0 unspecified atom stereocenters. The van der Waals surface area contributed by atoms with Crippen LogP contribution in [0.2, 0.25) is 5.02 Å². The first-order valence-corrected chi connectivity index (χ1v) is 8.98. The predicted octanol–water partition coefficient (Wildman–Crippen LogP) is 6.26. The van der Waals surface area contributed by atoms with Gasteiger partial charge in [-0.25, -0.2) is 0 Å². The third-order valence-electron chi connectivity index (χ3n) is 4.23. The Hall–Kier alpha value is -1.80. The molecule has 3 heteroatoms. The first-order chi connectivity index (χ1) is 11.5. The highest BCUT2D eigenvalue weighted by Gasteiger charge is 2.24. The van der Waals surface area contributed by atoms with Crippen LogP contribution in [-0.2, 0) is 17.4 Å². The molecular formula is C22H28ClNO. The molecule has 0 bridgehead atoms. The molecule has 2 rings (SSSR count). The van der Waals surface area contributed by atoms with Gasteiger partial charge in [-0.3, -0.25) is 4.99 Å². The molecule has 2 nitrogen and oxygen atoms in total. The van der Waals surface area contributed by atoms with Crippen LogP contribution in [0.25, 0.3) is 0 Å². The third-order valence-corrected chi connectivity index (χ3v) is 4.48. The summed E-state index contributed by atoms with van der Waals surface area (Å²) in [7, 11) is 0. The van der Waals surface area contributed by atoms with Crippen molar-refractivity contribution in [1.29, 1.82) is 0 Å². The lowest BCUT2D eigenvalue weighted by Crippen LogP contribution is -2.17. The van der Waals surface area contributed by atoms with E-state index in [-0.39, 0.29) is 10.8 Å². The maximum Gasteiger partial charge on any atom is 0.128 e. The van der Waals surface area contributed by atoms with Crippen LogP contribution in [0.4, 0.5) is 0 Å². The van der Waals surface area contributed by atoms with E-state index in [1.54, 1.807) is 6.21 Å². The second-order valence-electron chi connectivity index (χ2n) is 8.56. The molecule has 0 saturated heterocycles. The number of rotatable bonds is 3. The summed E-state index contributed by atoms with van der Waals surface area (Å²) in [6, 6.07) is 11.8. The number of aromatic hydroxyl groups is 1. The fourth-order valence-corrected chi connectivity index (χ4v) is 2.73. The molecule has 2 aromatic rings. The summed E-state index contributed by atoms with van der Waals surface area (Å²) in [5.41, 5.74) is 3.88. The maximum atomic E-state index is 10.7. The molecule has 0 amide bonds. The molecule has 0 aromatic heterocycles. The molecule has 134 valence electrons. The summed E-state index contributed by atoms with van der Waals surface area (Å²) in [6.45, 7) is 13.4. The van der Waals surface area contributed by atoms with Crippen LogP contribution in [0.5, 0.6) is 5.75 Å². The normalized spacial score (nSPS) is 12.8. The van der Waals surface area contributed by atoms with E-state index >= 15 is 0 Å². The minimum atomic E-state index is -0.135. The lowest BCUT2D eigenvalue weighted by Gasteiger charge is -2.27. The van der Waals surface area contributed by atoms with E-state index in [1.807, 2.05) is 30.3 Å². The van der Waals surface area contributed by atoms with E-state index < -0.39 is 0 Å². The van der Waals surface area contributed by atoms with Gasteiger partial charge in [0.15, 0.2) is 0 Å². The molecule has 2 aromatic carbocycles. The highest BCUT2D eigenvalue weighted by Crippen LogP contribution is 2.37. The van der Waals surface area contributed by atoms with Crippen LogP contribution in [0.3, 0.4) is 0 Å². The van der Waals surface area contributed by atoms with E-state index in [2.05, 4.69) is 52.6 Å². The molecular weight excluding hydrogens is 330 g/mol. The number of phenolic OH excluding ortho intramolecular Hbond substituents is 1. The molecule has 0 radical (unpaired) electrons. The summed E-state index contributed by atoms with van der Waals surface area (Å²) in [6.07, 6.45) is 1.77. The van der Waals surface area contributed by atoms with E-state index in [0.29, 0.717) is 12.3 Å². The number of hydrogen-bond donors (Lipinski definition) is 1. The Morgan fingerprint density at radius 1 is 0.960 bits per heavy atom. The molecule has 0 aliphatic carbocycles. The van der Waals surface area contributed by atoms with E-state index in [1.165, 1.54) is 5.56 Å². The number of hydrogen-bond acceptors (Lipinski definition) is 2. The summed E-state index contributed by atoms with van der Waals surface area (Å²) < 4.78 is 0. The molecule has 0 aliphatic heterocycles. The molecule has 25 heavy (non-hydrogen) atoms. The number of benzene rings is 2. The van der Waals surface area contributed by atoms with E-state index in [9.17, 15) is 5.11 Å². The minimum Gasteiger partial charge on any atom is -0.507 e. The molecule has 0 saturated carbocycles. The number of nitrogens with zero attached hydrogens (tertiary/aromatic N) is 1. The zero-order valence-electron chi connectivity index (χ0n) is 16.0. The largest absolute Gasteiger partial charge is 0.507 e. The maximum absolute atomic E-state index is 10.7. The Morgan fingerprint density at radius 3 is 2.08 bits per heavy atom. The molecule has 1 N–H and O–H groups in total. The Morgan fingerprint density at radius 2 is 1.56 bits per heavy atom. The van der Waals surface area contributed by atoms with Gasteiger partial charge in [0, 0.05) is 22.4 Å². The highest BCUT2D eigenvalue weighted by molar-refractivity contribution is 6.30. The fourth-order valence-electron chi connectivity index (χ4n) is 2.60. The molecule has 0 aliphatic rings. The topological polar surface area (TPSA) is 32.6 Å².